The van der Waals surface area contributed by atoms with E-state index in [4.69, 9.17) is 5.73 Å². The number of nitrogens with zero attached hydrogens (tertiary/aromatic N) is 5. The fraction of sp³-hybridized carbons (Fsp3) is 0.353. The van der Waals surface area contributed by atoms with E-state index in [0.29, 0.717) is 35.7 Å². The first-order chi connectivity index (χ1) is 12.4. The van der Waals surface area contributed by atoms with Crippen LogP contribution in [-0.4, -0.2) is 36.4 Å². The van der Waals surface area contributed by atoms with Gasteiger partial charge in [-0.2, -0.15) is 9.90 Å². The van der Waals surface area contributed by atoms with E-state index >= 15 is 0 Å². The molecule has 3 rings (SSSR count). The molecule has 1 aromatic carbocycles. The largest absolute Gasteiger partial charge is 0.366 e. The number of rotatable bonds is 6. The Balaban J connectivity index is 2.01. The average molecular weight is 355 g/mol. The molecule has 0 aliphatic rings. The molecule has 9 nitrogen and oxygen atoms in total. The van der Waals surface area contributed by atoms with Gasteiger partial charge >= 0.3 is 0 Å². The molecule has 0 atom stereocenters. The van der Waals surface area contributed by atoms with Crippen molar-refractivity contribution in [2.75, 3.05) is 5.32 Å². The highest BCUT2D eigenvalue weighted by atomic mass is 16.2. The van der Waals surface area contributed by atoms with Gasteiger partial charge in [0.1, 0.15) is 0 Å². The predicted molar refractivity (Wildman–Crippen MR) is 96.9 cm³/mol. The van der Waals surface area contributed by atoms with Crippen LogP contribution in [0.4, 0.5) is 5.95 Å². The highest BCUT2D eigenvalue weighted by Crippen LogP contribution is 2.22. The van der Waals surface area contributed by atoms with Gasteiger partial charge in [0.2, 0.25) is 11.9 Å². The molecule has 0 unspecified atom stereocenters. The second-order valence-corrected chi connectivity index (χ2v) is 5.95. The second kappa shape index (κ2) is 6.95. The standard InChI is InChI=1S/C17H21N7O2/c1-4-8-24-13-7-6-10(15(18)25)9-12(13)19-17(24)20-16(26)14-11(5-2)21-23(3)22-14/h6-7,9H,4-5,8H2,1-3H3,(H2,18,25)(H,19,20,26). The van der Waals surface area contributed by atoms with E-state index in [9.17, 15) is 9.59 Å². The SMILES string of the molecule is CCCn1c(NC(=O)c2nn(C)nc2CC)nc2cc(C(N)=O)ccc21. The number of amides is 2. The Morgan fingerprint density at radius 3 is 2.65 bits per heavy atom. The van der Waals surface area contributed by atoms with Crippen LogP contribution in [-0.2, 0) is 20.0 Å². The molecule has 0 bridgehead atoms. The Morgan fingerprint density at radius 1 is 1.23 bits per heavy atom. The highest BCUT2D eigenvalue weighted by Gasteiger charge is 2.20. The lowest BCUT2D eigenvalue weighted by Crippen LogP contribution is -2.18. The second-order valence-electron chi connectivity index (χ2n) is 5.95. The molecule has 3 N–H and O–H groups in total. The molecular weight excluding hydrogens is 334 g/mol. The minimum atomic E-state index is -0.519. The maximum Gasteiger partial charge on any atom is 0.280 e. The van der Waals surface area contributed by atoms with Crippen molar-refractivity contribution in [1.29, 1.82) is 0 Å². The minimum absolute atomic E-state index is 0.280. The Labute approximate surface area is 150 Å². The third-order valence-electron chi connectivity index (χ3n) is 4.04. The maximum absolute atomic E-state index is 12.7. The van der Waals surface area contributed by atoms with Crippen LogP contribution < -0.4 is 11.1 Å². The van der Waals surface area contributed by atoms with Crippen molar-refractivity contribution < 1.29 is 9.59 Å². The van der Waals surface area contributed by atoms with Gasteiger partial charge in [0.05, 0.1) is 16.7 Å². The number of aromatic nitrogens is 5. The van der Waals surface area contributed by atoms with E-state index in [0.717, 1.165) is 11.9 Å². The average Bonchev–Trinajstić information content (AvgIpc) is 3.15. The van der Waals surface area contributed by atoms with Crippen molar-refractivity contribution in [2.45, 2.75) is 33.2 Å². The van der Waals surface area contributed by atoms with Crippen LogP contribution in [0.3, 0.4) is 0 Å². The van der Waals surface area contributed by atoms with E-state index in [-0.39, 0.29) is 11.6 Å². The zero-order valence-electron chi connectivity index (χ0n) is 15.0. The molecule has 0 aliphatic carbocycles. The van der Waals surface area contributed by atoms with Crippen molar-refractivity contribution in [2.24, 2.45) is 12.8 Å². The quantitative estimate of drug-likeness (QED) is 0.694. The van der Waals surface area contributed by atoms with Gasteiger partial charge in [-0.3, -0.25) is 14.9 Å². The van der Waals surface area contributed by atoms with Gasteiger partial charge in [-0.05, 0) is 31.0 Å². The number of imidazole rings is 1. The van der Waals surface area contributed by atoms with Gasteiger partial charge in [0.25, 0.3) is 5.91 Å². The van der Waals surface area contributed by atoms with E-state index < -0.39 is 5.91 Å². The highest BCUT2D eigenvalue weighted by molar-refractivity contribution is 6.03. The molecule has 0 saturated carbocycles. The van der Waals surface area contributed by atoms with E-state index in [1.54, 1.807) is 25.2 Å². The summed E-state index contributed by atoms with van der Waals surface area (Å²) in [6.45, 7) is 4.62. The van der Waals surface area contributed by atoms with Crippen LogP contribution >= 0.6 is 0 Å². The third kappa shape index (κ3) is 3.15. The first-order valence-electron chi connectivity index (χ1n) is 8.46. The molecule has 136 valence electrons. The molecule has 2 aromatic heterocycles. The molecule has 3 aromatic rings. The van der Waals surface area contributed by atoms with Gasteiger partial charge in [0, 0.05) is 19.2 Å². The van der Waals surface area contributed by atoms with E-state index in [1.807, 2.05) is 18.4 Å². The predicted octanol–water partition coefficient (Wildman–Crippen LogP) is 1.49. The topological polar surface area (TPSA) is 121 Å². The van der Waals surface area contributed by atoms with Crippen molar-refractivity contribution in [3.8, 4) is 0 Å². The summed E-state index contributed by atoms with van der Waals surface area (Å²) < 4.78 is 1.90. The first-order valence-corrected chi connectivity index (χ1v) is 8.46. The number of carbonyl (C=O) groups is 2. The lowest BCUT2D eigenvalue weighted by Gasteiger charge is -2.08. The van der Waals surface area contributed by atoms with E-state index in [1.165, 1.54) is 4.80 Å². The Bertz CT molecular complexity index is 987. The van der Waals surface area contributed by atoms with Gasteiger partial charge < -0.3 is 10.3 Å². The Morgan fingerprint density at radius 2 is 2.00 bits per heavy atom. The zero-order chi connectivity index (χ0) is 18.8. The lowest BCUT2D eigenvalue weighted by molar-refractivity contribution is 0.0996. The number of fused-ring (bicyclic) bond motifs is 1. The summed E-state index contributed by atoms with van der Waals surface area (Å²) in [5.41, 5.74) is 8.04. The minimum Gasteiger partial charge on any atom is -0.366 e. The molecule has 2 amide bonds. The van der Waals surface area contributed by atoms with Gasteiger partial charge in [-0.1, -0.05) is 13.8 Å². The summed E-state index contributed by atoms with van der Waals surface area (Å²) in [7, 11) is 1.67. The summed E-state index contributed by atoms with van der Waals surface area (Å²) in [4.78, 5) is 29.9. The molecule has 0 saturated heterocycles. The summed E-state index contributed by atoms with van der Waals surface area (Å²) in [6, 6.07) is 5.06. The first kappa shape index (κ1) is 17.6. The normalized spacial score (nSPS) is 11.0. The Kier molecular flexibility index (Phi) is 4.70. The van der Waals surface area contributed by atoms with Gasteiger partial charge in [-0.25, -0.2) is 4.98 Å². The van der Waals surface area contributed by atoms with Crippen LogP contribution in [0, 0.1) is 0 Å². The Hall–Kier alpha value is -3.23. The number of hydrogen-bond acceptors (Lipinski definition) is 5. The number of benzene rings is 1. The zero-order valence-corrected chi connectivity index (χ0v) is 15.0. The van der Waals surface area contributed by atoms with Crippen LogP contribution in [0.15, 0.2) is 18.2 Å². The van der Waals surface area contributed by atoms with Crippen LogP contribution in [0.2, 0.25) is 0 Å². The summed E-state index contributed by atoms with van der Waals surface area (Å²) >= 11 is 0. The lowest BCUT2D eigenvalue weighted by atomic mass is 10.2. The molecule has 0 fully saturated rings. The van der Waals surface area contributed by atoms with Crippen LogP contribution in [0.25, 0.3) is 11.0 Å². The molecule has 9 heteroatoms. The number of hydrogen-bond donors (Lipinski definition) is 2. The fourth-order valence-corrected chi connectivity index (χ4v) is 2.85. The fourth-order valence-electron chi connectivity index (χ4n) is 2.85. The molecule has 0 spiro atoms. The smallest absolute Gasteiger partial charge is 0.280 e. The summed E-state index contributed by atoms with van der Waals surface area (Å²) in [6.07, 6.45) is 1.46. The van der Waals surface area contributed by atoms with Crippen molar-refractivity contribution in [3.63, 3.8) is 0 Å². The number of nitrogens with two attached hydrogens (primary N) is 1. The maximum atomic E-state index is 12.7. The molecule has 0 aliphatic heterocycles. The third-order valence-corrected chi connectivity index (χ3v) is 4.04. The number of carbonyl (C=O) groups excluding carboxylic acids is 2. The van der Waals surface area contributed by atoms with Crippen molar-refractivity contribution >= 4 is 28.8 Å². The monoisotopic (exact) mass is 355 g/mol. The molecule has 2 heterocycles. The van der Waals surface area contributed by atoms with Crippen LogP contribution in [0.5, 0.6) is 0 Å². The number of primary amides is 1. The number of nitrogens with one attached hydrogen (secondary N) is 1. The van der Waals surface area contributed by atoms with Gasteiger partial charge in [0.15, 0.2) is 5.69 Å². The van der Waals surface area contributed by atoms with Crippen molar-refractivity contribution in [3.05, 3.63) is 35.2 Å². The molecule has 26 heavy (non-hydrogen) atoms. The summed E-state index contributed by atoms with van der Waals surface area (Å²) in [5, 5.41) is 11.1. The number of anilines is 1. The number of aryl methyl sites for hydroxylation is 3. The van der Waals surface area contributed by atoms with Crippen LogP contribution in [0.1, 0.15) is 46.8 Å². The van der Waals surface area contributed by atoms with E-state index in [2.05, 4.69) is 20.5 Å². The molecule has 0 radical (unpaired) electrons. The summed E-state index contributed by atoms with van der Waals surface area (Å²) in [5.74, 6) is -0.478. The molecular formula is C17H21N7O2. The van der Waals surface area contributed by atoms with Crippen molar-refractivity contribution in [1.82, 2.24) is 24.5 Å². The van der Waals surface area contributed by atoms with Gasteiger partial charge in [-0.15, -0.1) is 5.10 Å².